The van der Waals surface area contributed by atoms with Gasteiger partial charge in [-0.25, -0.2) is 0 Å². The van der Waals surface area contributed by atoms with Gasteiger partial charge in [-0.05, 0) is 18.6 Å². The van der Waals surface area contributed by atoms with Crippen LogP contribution in [0.25, 0.3) is 11.4 Å². The monoisotopic (exact) mass is 308 g/mol. The Morgan fingerprint density at radius 1 is 1.00 bits per heavy atom. The van der Waals surface area contributed by atoms with Crippen LogP contribution in [0.4, 0.5) is 11.7 Å². The first-order valence-electron chi connectivity index (χ1n) is 7.72. The fraction of sp³-hybridized carbons (Fsp3) is 0.222. The largest absolute Gasteiger partial charge is 0.375 e. The van der Waals surface area contributed by atoms with Crippen LogP contribution < -0.4 is 10.2 Å². The number of aromatic nitrogens is 2. The summed E-state index contributed by atoms with van der Waals surface area (Å²) in [5, 5.41) is 7.16. The first-order chi connectivity index (χ1) is 11.3. The maximum absolute atomic E-state index is 5.22. The van der Waals surface area contributed by atoms with Crippen molar-refractivity contribution < 1.29 is 4.52 Å². The van der Waals surface area contributed by atoms with Gasteiger partial charge in [0.2, 0.25) is 5.82 Å². The summed E-state index contributed by atoms with van der Waals surface area (Å²) < 4.78 is 5.22. The highest BCUT2D eigenvalue weighted by Gasteiger charge is 2.07. The van der Waals surface area contributed by atoms with Crippen LogP contribution in [0.5, 0.6) is 0 Å². The van der Waals surface area contributed by atoms with Gasteiger partial charge in [0.1, 0.15) is 0 Å². The summed E-state index contributed by atoms with van der Waals surface area (Å²) in [6, 6.07) is 20.6. The molecule has 23 heavy (non-hydrogen) atoms. The molecule has 0 aliphatic carbocycles. The van der Waals surface area contributed by atoms with E-state index < -0.39 is 0 Å². The molecule has 0 spiro atoms. The molecule has 3 aromatic rings. The molecular weight excluding hydrogens is 288 g/mol. The van der Waals surface area contributed by atoms with Crippen LogP contribution in [0, 0.1) is 0 Å². The smallest absolute Gasteiger partial charge is 0.321 e. The van der Waals surface area contributed by atoms with Crippen LogP contribution in [0.2, 0.25) is 0 Å². The molecule has 0 atom stereocenters. The average molecular weight is 308 g/mol. The van der Waals surface area contributed by atoms with Crippen molar-refractivity contribution in [1.82, 2.24) is 10.1 Å². The number of para-hydroxylation sites is 1. The molecule has 3 rings (SSSR count). The molecule has 0 bridgehead atoms. The lowest BCUT2D eigenvalue weighted by molar-refractivity contribution is 0.432. The standard InChI is InChI=1S/C18H20N4O/c1-22(16-11-6-3-7-12-16)14-8-13-19-18-20-17(21-23-18)15-9-4-2-5-10-15/h2-7,9-12H,8,13-14H2,1H3,(H,19,20,21). The fourth-order valence-corrected chi connectivity index (χ4v) is 2.32. The minimum Gasteiger partial charge on any atom is -0.375 e. The van der Waals surface area contributed by atoms with E-state index in [-0.39, 0.29) is 0 Å². The van der Waals surface area contributed by atoms with Crippen molar-refractivity contribution in [3.63, 3.8) is 0 Å². The molecule has 0 aliphatic heterocycles. The normalized spacial score (nSPS) is 10.5. The third kappa shape index (κ3) is 4.10. The zero-order valence-electron chi connectivity index (χ0n) is 13.1. The molecular formula is C18H20N4O. The molecule has 118 valence electrons. The van der Waals surface area contributed by atoms with Gasteiger partial charge in [0.15, 0.2) is 0 Å². The fourth-order valence-electron chi connectivity index (χ4n) is 2.32. The van der Waals surface area contributed by atoms with Crippen molar-refractivity contribution in [2.75, 3.05) is 30.4 Å². The maximum atomic E-state index is 5.22. The summed E-state index contributed by atoms with van der Waals surface area (Å²) >= 11 is 0. The predicted molar refractivity (Wildman–Crippen MR) is 92.6 cm³/mol. The summed E-state index contributed by atoms with van der Waals surface area (Å²) in [4.78, 5) is 6.58. The first kappa shape index (κ1) is 15.1. The van der Waals surface area contributed by atoms with Crippen LogP contribution in [0.15, 0.2) is 65.2 Å². The molecule has 0 fully saturated rings. The molecule has 1 aromatic heterocycles. The molecule has 1 heterocycles. The lowest BCUT2D eigenvalue weighted by atomic mass is 10.2. The molecule has 0 aliphatic rings. The van der Waals surface area contributed by atoms with Crippen molar-refractivity contribution in [2.24, 2.45) is 0 Å². The van der Waals surface area contributed by atoms with Crippen molar-refractivity contribution in [1.29, 1.82) is 0 Å². The number of hydrogen-bond acceptors (Lipinski definition) is 5. The predicted octanol–water partition coefficient (Wildman–Crippen LogP) is 3.68. The zero-order valence-corrected chi connectivity index (χ0v) is 13.1. The van der Waals surface area contributed by atoms with E-state index in [1.807, 2.05) is 48.5 Å². The van der Waals surface area contributed by atoms with E-state index in [1.54, 1.807) is 0 Å². The second kappa shape index (κ2) is 7.45. The maximum Gasteiger partial charge on any atom is 0.321 e. The van der Waals surface area contributed by atoms with Crippen molar-refractivity contribution in [2.45, 2.75) is 6.42 Å². The van der Waals surface area contributed by atoms with Crippen LogP contribution in [0.1, 0.15) is 6.42 Å². The van der Waals surface area contributed by atoms with Gasteiger partial charge in [0.05, 0.1) is 0 Å². The molecule has 1 N–H and O–H groups in total. The summed E-state index contributed by atoms with van der Waals surface area (Å²) in [5.74, 6) is 0.606. The SMILES string of the molecule is CN(CCCNc1nc(-c2ccccc2)no1)c1ccccc1. The molecule has 0 amide bonds. The number of benzene rings is 2. The Bertz CT molecular complexity index is 712. The number of nitrogens with one attached hydrogen (secondary N) is 1. The Morgan fingerprint density at radius 3 is 2.43 bits per heavy atom. The Labute approximate surface area is 136 Å². The highest BCUT2D eigenvalue weighted by molar-refractivity contribution is 5.54. The van der Waals surface area contributed by atoms with Gasteiger partial charge in [-0.3, -0.25) is 0 Å². The van der Waals surface area contributed by atoms with E-state index in [0.29, 0.717) is 11.8 Å². The van der Waals surface area contributed by atoms with Crippen molar-refractivity contribution in [3.05, 3.63) is 60.7 Å². The lowest BCUT2D eigenvalue weighted by Crippen LogP contribution is -2.20. The molecule has 5 heteroatoms. The number of anilines is 2. The van der Waals surface area contributed by atoms with E-state index in [1.165, 1.54) is 5.69 Å². The van der Waals surface area contributed by atoms with E-state index >= 15 is 0 Å². The summed E-state index contributed by atoms with van der Waals surface area (Å²) in [6.45, 7) is 1.74. The van der Waals surface area contributed by atoms with E-state index in [2.05, 4.69) is 39.5 Å². The minimum absolute atomic E-state index is 0.464. The summed E-state index contributed by atoms with van der Waals surface area (Å²) in [6.07, 6.45) is 0.981. The highest BCUT2D eigenvalue weighted by atomic mass is 16.5. The van der Waals surface area contributed by atoms with Crippen molar-refractivity contribution in [3.8, 4) is 11.4 Å². The van der Waals surface area contributed by atoms with Crippen LogP contribution in [-0.2, 0) is 0 Å². The van der Waals surface area contributed by atoms with Crippen molar-refractivity contribution >= 4 is 11.7 Å². The minimum atomic E-state index is 0.464. The van der Waals surface area contributed by atoms with Gasteiger partial charge in [0, 0.05) is 31.4 Å². The van der Waals surface area contributed by atoms with E-state index in [4.69, 9.17) is 4.52 Å². The summed E-state index contributed by atoms with van der Waals surface area (Å²) in [7, 11) is 2.09. The Kier molecular flexibility index (Phi) is 4.88. The topological polar surface area (TPSA) is 54.2 Å². The number of nitrogens with zero attached hydrogens (tertiary/aromatic N) is 3. The van der Waals surface area contributed by atoms with Gasteiger partial charge in [0.25, 0.3) is 0 Å². The Hall–Kier alpha value is -2.82. The third-order valence-corrected chi connectivity index (χ3v) is 3.60. The van der Waals surface area contributed by atoms with Crippen LogP contribution in [0.3, 0.4) is 0 Å². The second-order valence-electron chi connectivity index (χ2n) is 5.33. The quantitative estimate of drug-likeness (QED) is 0.675. The van der Waals surface area contributed by atoms with Gasteiger partial charge in [-0.1, -0.05) is 53.7 Å². The molecule has 2 aromatic carbocycles. The van der Waals surface area contributed by atoms with Gasteiger partial charge in [-0.2, -0.15) is 4.98 Å². The molecule has 0 radical (unpaired) electrons. The van der Waals surface area contributed by atoms with Crippen LogP contribution >= 0.6 is 0 Å². The second-order valence-corrected chi connectivity index (χ2v) is 5.33. The molecule has 0 unspecified atom stereocenters. The van der Waals surface area contributed by atoms with E-state index in [0.717, 1.165) is 25.1 Å². The number of rotatable bonds is 7. The van der Waals surface area contributed by atoms with Crippen LogP contribution in [-0.4, -0.2) is 30.3 Å². The van der Waals surface area contributed by atoms with E-state index in [9.17, 15) is 0 Å². The lowest BCUT2D eigenvalue weighted by Gasteiger charge is -2.18. The molecule has 5 nitrogen and oxygen atoms in total. The molecule has 0 saturated carbocycles. The average Bonchev–Trinajstić information content (AvgIpc) is 3.09. The van der Waals surface area contributed by atoms with Gasteiger partial charge in [-0.15, -0.1) is 0 Å². The summed E-state index contributed by atoms with van der Waals surface area (Å²) in [5.41, 5.74) is 2.17. The van der Waals surface area contributed by atoms with Gasteiger partial charge >= 0.3 is 6.01 Å². The Balaban J connectivity index is 1.45. The van der Waals surface area contributed by atoms with Gasteiger partial charge < -0.3 is 14.7 Å². The third-order valence-electron chi connectivity index (χ3n) is 3.60. The number of hydrogen-bond donors (Lipinski definition) is 1. The highest BCUT2D eigenvalue weighted by Crippen LogP contribution is 2.17. The first-order valence-corrected chi connectivity index (χ1v) is 7.72. The Morgan fingerprint density at radius 2 is 1.70 bits per heavy atom. The molecule has 0 saturated heterocycles. The zero-order chi connectivity index (χ0) is 15.9.